The molecule has 0 bridgehead atoms. The minimum atomic E-state index is 0.0438. The van der Waals surface area contributed by atoms with Crippen LogP contribution in [0.15, 0.2) is 0 Å². The Bertz CT molecular complexity index is 362. The Morgan fingerprint density at radius 2 is 2.21 bits per heavy atom. The average molecular weight is 265 g/mol. The molecule has 2 atom stereocenters. The minimum absolute atomic E-state index is 0.0438. The van der Waals surface area contributed by atoms with E-state index < -0.39 is 0 Å². The number of rotatable bonds is 5. The van der Waals surface area contributed by atoms with E-state index in [2.05, 4.69) is 10.6 Å². The van der Waals surface area contributed by atoms with E-state index in [0.29, 0.717) is 24.8 Å². The molecule has 3 aliphatic rings. The van der Waals surface area contributed by atoms with E-state index >= 15 is 0 Å². The number of amides is 2. The standard InChI is InChI=1S/C14H23N3O2/c18-13(4-1-10-5-6-15-8-10)16-11-7-14(19)17(9-11)12-2-3-12/h10-12,15H,1-9H2,(H,16,18). The molecule has 0 aromatic heterocycles. The zero-order chi connectivity index (χ0) is 13.2. The van der Waals surface area contributed by atoms with Crippen LogP contribution in [0.3, 0.4) is 0 Å². The van der Waals surface area contributed by atoms with E-state index in [4.69, 9.17) is 0 Å². The molecule has 5 nitrogen and oxygen atoms in total. The lowest BCUT2D eigenvalue weighted by Gasteiger charge is -2.16. The predicted molar refractivity (Wildman–Crippen MR) is 71.5 cm³/mol. The van der Waals surface area contributed by atoms with Crippen molar-refractivity contribution in [3.8, 4) is 0 Å². The van der Waals surface area contributed by atoms with Crippen molar-refractivity contribution in [2.75, 3.05) is 19.6 Å². The first-order valence-electron chi connectivity index (χ1n) is 7.52. The largest absolute Gasteiger partial charge is 0.351 e. The van der Waals surface area contributed by atoms with Crippen molar-refractivity contribution in [1.82, 2.24) is 15.5 Å². The van der Waals surface area contributed by atoms with Crippen LogP contribution >= 0.6 is 0 Å². The number of hydrogen-bond donors (Lipinski definition) is 2. The van der Waals surface area contributed by atoms with Crippen molar-refractivity contribution in [1.29, 1.82) is 0 Å². The van der Waals surface area contributed by atoms with Crippen molar-refractivity contribution in [3.05, 3.63) is 0 Å². The second-order valence-electron chi connectivity index (χ2n) is 6.14. The summed E-state index contributed by atoms with van der Waals surface area (Å²) in [5.41, 5.74) is 0. The second kappa shape index (κ2) is 5.49. The smallest absolute Gasteiger partial charge is 0.225 e. The lowest BCUT2D eigenvalue weighted by Crippen LogP contribution is -2.37. The molecular weight excluding hydrogens is 242 g/mol. The molecule has 2 amide bonds. The maximum Gasteiger partial charge on any atom is 0.225 e. The van der Waals surface area contributed by atoms with Gasteiger partial charge < -0.3 is 15.5 Å². The van der Waals surface area contributed by atoms with Crippen LogP contribution in [-0.4, -0.2) is 48.4 Å². The van der Waals surface area contributed by atoms with E-state index in [1.165, 1.54) is 6.42 Å². The molecule has 2 saturated heterocycles. The summed E-state index contributed by atoms with van der Waals surface area (Å²) in [6.07, 6.45) is 5.52. The number of nitrogens with one attached hydrogen (secondary N) is 2. The van der Waals surface area contributed by atoms with Gasteiger partial charge in [0.15, 0.2) is 0 Å². The van der Waals surface area contributed by atoms with Crippen LogP contribution < -0.4 is 10.6 Å². The van der Waals surface area contributed by atoms with Gasteiger partial charge in [0.2, 0.25) is 11.8 Å². The van der Waals surface area contributed by atoms with E-state index in [-0.39, 0.29) is 17.9 Å². The third-order valence-electron chi connectivity index (χ3n) is 4.45. The van der Waals surface area contributed by atoms with Crippen LogP contribution in [-0.2, 0) is 9.59 Å². The van der Waals surface area contributed by atoms with E-state index in [1.54, 1.807) is 0 Å². The summed E-state index contributed by atoms with van der Waals surface area (Å²) in [6, 6.07) is 0.515. The summed E-state index contributed by atoms with van der Waals surface area (Å²) in [5, 5.41) is 6.34. The number of hydrogen-bond acceptors (Lipinski definition) is 3. The Morgan fingerprint density at radius 3 is 2.89 bits per heavy atom. The Morgan fingerprint density at radius 1 is 1.37 bits per heavy atom. The van der Waals surface area contributed by atoms with Gasteiger partial charge in [0, 0.05) is 25.4 Å². The first kappa shape index (κ1) is 12.9. The third kappa shape index (κ3) is 3.26. The van der Waals surface area contributed by atoms with Crippen molar-refractivity contribution in [3.63, 3.8) is 0 Å². The van der Waals surface area contributed by atoms with Gasteiger partial charge in [-0.15, -0.1) is 0 Å². The predicted octanol–water partition coefficient (Wildman–Crippen LogP) is 0.256. The summed E-state index contributed by atoms with van der Waals surface area (Å²) in [6.45, 7) is 2.85. The molecule has 0 spiro atoms. The average Bonchev–Trinajstić information content (AvgIpc) is 2.96. The molecule has 106 valence electrons. The molecule has 3 rings (SSSR count). The van der Waals surface area contributed by atoms with E-state index in [1.807, 2.05) is 4.90 Å². The summed E-state index contributed by atoms with van der Waals surface area (Å²) in [7, 11) is 0. The topological polar surface area (TPSA) is 61.4 Å². The van der Waals surface area contributed by atoms with Crippen molar-refractivity contribution in [2.45, 2.75) is 50.6 Å². The maximum absolute atomic E-state index is 11.9. The molecule has 3 fully saturated rings. The van der Waals surface area contributed by atoms with Gasteiger partial charge in [-0.2, -0.15) is 0 Å². The lowest BCUT2D eigenvalue weighted by atomic mass is 10.0. The van der Waals surface area contributed by atoms with Crippen LogP contribution in [0.4, 0.5) is 0 Å². The van der Waals surface area contributed by atoms with Gasteiger partial charge in [-0.3, -0.25) is 9.59 Å². The lowest BCUT2D eigenvalue weighted by molar-refractivity contribution is -0.128. The fourth-order valence-electron chi connectivity index (χ4n) is 3.16. The van der Waals surface area contributed by atoms with Crippen LogP contribution in [0, 0.1) is 5.92 Å². The van der Waals surface area contributed by atoms with Crippen LogP contribution in [0.2, 0.25) is 0 Å². The van der Waals surface area contributed by atoms with Gasteiger partial charge in [-0.1, -0.05) is 0 Å². The van der Waals surface area contributed by atoms with Gasteiger partial charge >= 0.3 is 0 Å². The highest BCUT2D eigenvalue weighted by Gasteiger charge is 2.39. The van der Waals surface area contributed by atoms with Crippen LogP contribution in [0.1, 0.15) is 38.5 Å². The highest BCUT2D eigenvalue weighted by Crippen LogP contribution is 2.30. The Balaban J connectivity index is 1.38. The highest BCUT2D eigenvalue weighted by molar-refractivity contribution is 5.82. The van der Waals surface area contributed by atoms with Gasteiger partial charge in [0.25, 0.3) is 0 Å². The molecule has 5 heteroatoms. The second-order valence-corrected chi connectivity index (χ2v) is 6.14. The van der Waals surface area contributed by atoms with Crippen molar-refractivity contribution in [2.24, 2.45) is 5.92 Å². The van der Waals surface area contributed by atoms with Crippen molar-refractivity contribution >= 4 is 11.8 Å². The number of carbonyl (C=O) groups excluding carboxylic acids is 2. The molecule has 2 unspecified atom stereocenters. The minimum Gasteiger partial charge on any atom is -0.351 e. The normalized spacial score (nSPS) is 30.9. The molecule has 2 heterocycles. The zero-order valence-electron chi connectivity index (χ0n) is 11.4. The Labute approximate surface area is 114 Å². The summed E-state index contributed by atoms with van der Waals surface area (Å²) in [5.74, 6) is 0.981. The number of likely N-dealkylation sites (tertiary alicyclic amines) is 1. The molecule has 0 aromatic rings. The maximum atomic E-state index is 11.9. The fraction of sp³-hybridized carbons (Fsp3) is 0.857. The quantitative estimate of drug-likeness (QED) is 0.749. The highest BCUT2D eigenvalue weighted by atomic mass is 16.2. The zero-order valence-corrected chi connectivity index (χ0v) is 11.4. The van der Waals surface area contributed by atoms with E-state index in [0.717, 1.165) is 38.9 Å². The third-order valence-corrected chi connectivity index (χ3v) is 4.45. The SMILES string of the molecule is O=C(CCC1CCNC1)NC1CC(=O)N(C2CC2)C1. The first-order valence-corrected chi connectivity index (χ1v) is 7.52. The molecule has 2 aliphatic heterocycles. The molecule has 2 N–H and O–H groups in total. The van der Waals surface area contributed by atoms with Gasteiger partial charge in [0.1, 0.15) is 0 Å². The molecule has 0 aromatic carbocycles. The van der Waals surface area contributed by atoms with Crippen LogP contribution in [0.25, 0.3) is 0 Å². The molecule has 19 heavy (non-hydrogen) atoms. The Kier molecular flexibility index (Phi) is 3.73. The summed E-state index contributed by atoms with van der Waals surface area (Å²) >= 11 is 0. The molecule has 0 radical (unpaired) electrons. The van der Waals surface area contributed by atoms with Crippen LogP contribution in [0.5, 0.6) is 0 Å². The summed E-state index contributed by atoms with van der Waals surface area (Å²) in [4.78, 5) is 25.6. The monoisotopic (exact) mass is 265 g/mol. The molecule has 1 aliphatic carbocycles. The number of carbonyl (C=O) groups is 2. The fourth-order valence-corrected chi connectivity index (χ4v) is 3.16. The van der Waals surface area contributed by atoms with Gasteiger partial charge in [-0.25, -0.2) is 0 Å². The van der Waals surface area contributed by atoms with Gasteiger partial charge in [0.05, 0.1) is 6.04 Å². The van der Waals surface area contributed by atoms with Crippen molar-refractivity contribution < 1.29 is 9.59 Å². The first-order chi connectivity index (χ1) is 9.22. The molecule has 1 saturated carbocycles. The molecular formula is C14H23N3O2. The summed E-state index contributed by atoms with van der Waals surface area (Å²) < 4.78 is 0. The van der Waals surface area contributed by atoms with E-state index in [9.17, 15) is 9.59 Å². The Hall–Kier alpha value is -1.10. The van der Waals surface area contributed by atoms with Gasteiger partial charge in [-0.05, 0) is 44.7 Å². The number of nitrogens with zero attached hydrogens (tertiary/aromatic N) is 1.